The van der Waals surface area contributed by atoms with Crippen molar-refractivity contribution in [3.8, 4) is 0 Å². The Morgan fingerprint density at radius 1 is 1.15 bits per heavy atom. The van der Waals surface area contributed by atoms with E-state index in [-0.39, 0.29) is 4.90 Å². The Morgan fingerprint density at radius 3 is 2.70 bits per heavy atom. The summed E-state index contributed by atoms with van der Waals surface area (Å²) in [5.41, 5.74) is 9.80. The first kappa shape index (κ1) is 17.3. The number of benzene rings is 2. The third kappa shape index (κ3) is 3.42. The van der Waals surface area contributed by atoms with Crippen LogP contribution >= 0.6 is 11.3 Å². The van der Waals surface area contributed by atoms with Gasteiger partial charge in [0.15, 0.2) is 0 Å². The maximum absolute atomic E-state index is 12.8. The van der Waals surface area contributed by atoms with E-state index in [1.165, 1.54) is 15.3 Å². The summed E-state index contributed by atoms with van der Waals surface area (Å²) >= 11 is 1.36. The molecule has 4 rings (SSSR count). The molecule has 0 aliphatic rings. The molecule has 4 aromatic rings. The highest BCUT2D eigenvalue weighted by Crippen LogP contribution is 2.23. The fourth-order valence-electron chi connectivity index (χ4n) is 2.63. The van der Waals surface area contributed by atoms with Crippen LogP contribution in [0.25, 0.3) is 10.9 Å². The first-order chi connectivity index (χ1) is 13.0. The normalized spacial score (nSPS) is 12.0. The van der Waals surface area contributed by atoms with Crippen LogP contribution in [0.1, 0.15) is 5.56 Å². The number of aromatic nitrogens is 2. The Hall–Kier alpha value is -3.17. The molecule has 2 aromatic carbocycles. The topological polar surface area (TPSA) is 102 Å². The lowest BCUT2D eigenvalue weighted by Crippen LogP contribution is -2.11. The molecule has 0 atom stereocenters. The van der Waals surface area contributed by atoms with Gasteiger partial charge in [0.1, 0.15) is 5.82 Å². The highest BCUT2D eigenvalue weighted by atomic mass is 32.2. The largest absolute Gasteiger partial charge is 0.383 e. The van der Waals surface area contributed by atoms with Crippen molar-refractivity contribution in [1.29, 1.82) is 0 Å². The number of thiazole rings is 1. The van der Waals surface area contributed by atoms with Gasteiger partial charge in [0.05, 0.1) is 16.6 Å². The van der Waals surface area contributed by atoms with Crippen LogP contribution in [-0.4, -0.2) is 23.6 Å². The van der Waals surface area contributed by atoms with E-state index >= 15 is 0 Å². The summed E-state index contributed by atoms with van der Waals surface area (Å²) in [7, 11) is -3.63. The van der Waals surface area contributed by atoms with Gasteiger partial charge in [-0.05, 0) is 35.9 Å². The molecule has 7 nitrogen and oxygen atoms in total. The minimum Gasteiger partial charge on any atom is -0.383 e. The Morgan fingerprint density at radius 2 is 1.96 bits per heavy atom. The minimum atomic E-state index is -3.63. The van der Waals surface area contributed by atoms with Gasteiger partial charge in [0, 0.05) is 17.0 Å². The molecule has 9 heteroatoms. The Labute approximate surface area is 159 Å². The van der Waals surface area contributed by atoms with E-state index in [1.54, 1.807) is 66.3 Å². The quantitative estimate of drug-likeness (QED) is 0.397. The van der Waals surface area contributed by atoms with Gasteiger partial charge in [-0.25, -0.2) is 17.4 Å². The van der Waals surface area contributed by atoms with Gasteiger partial charge in [0.2, 0.25) is 5.13 Å². The summed E-state index contributed by atoms with van der Waals surface area (Å²) in [6, 6.07) is 15.6. The molecule has 2 aromatic heterocycles. The zero-order valence-electron chi connectivity index (χ0n) is 14.0. The molecule has 0 radical (unpaired) electrons. The predicted molar refractivity (Wildman–Crippen MR) is 109 cm³/mol. The fourth-order valence-corrected chi connectivity index (χ4v) is 4.55. The van der Waals surface area contributed by atoms with Crippen molar-refractivity contribution in [3.63, 3.8) is 0 Å². The molecular formula is C18H15N5O2S2. The second-order valence-corrected chi connectivity index (χ2v) is 8.37. The van der Waals surface area contributed by atoms with Gasteiger partial charge < -0.3 is 5.73 Å². The zero-order chi connectivity index (χ0) is 18.9. The summed E-state index contributed by atoms with van der Waals surface area (Å²) in [5.74, 6) is 0.445. The van der Waals surface area contributed by atoms with Gasteiger partial charge >= 0.3 is 0 Å². The van der Waals surface area contributed by atoms with Crippen molar-refractivity contribution in [3.05, 3.63) is 71.7 Å². The van der Waals surface area contributed by atoms with Crippen LogP contribution in [0.3, 0.4) is 0 Å². The molecule has 27 heavy (non-hydrogen) atoms. The molecule has 136 valence electrons. The van der Waals surface area contributed by atoms with E-state index in [1.807, 2.05) is 6.07 Å². The second kappa shape index (κ2) is 6.86. The number of fused-ring (bicyclic) bond motifs is 1. The van der Waals surface area contributed by atoms with E-state index in [0.29, 0.717) is 16.5 Å². The van der Waals surface area contributed by atoms with Crippen LogP contribution in [0.5, 0.6) is 0 Å². The number of anilines is 2. The number of rotatable bonds is 5. The molecule has 0 bridgehead atoms. The van der Waals surface area contributed by atoms with E-state index in [9.17, 15) is 8.42 Å². The van der Waals surface area contributed by atoms with Crippen LogP contribution in [-0.2, 0) is 10.0 Å². The first-order valence-electron chi connectivity index (χ1n) is 7.96. The number of nitrogens with one attached hydrogen (secondary N) is 1. The van der Waals surface area contributed by atoms with Crippen LogP contribution in [0.15, 0.2) is 76.2 Å². The van der Waals surface area contributed by atoms with Crippen LogP contribution < -0.4 is 11.2 Å². The highest BCUT2D eigenvalue weighted by molar-refractivity contribution is 7.90. The Bertz CT molecular complexity index is 1230. The number of hydrogen-bond donors (Lipinski definition) is 2. The Kier molecular flexibility index (Phi) is 4.38. The summed E-state index contributed by atoms with van der Waals surface area (Å²) in [5, 5.41) is 7.25. The summed E-state index contributed by atoms with van der Waals surface area (Å²) in [6.07, 6.45) is 3.20. The van der Waals surface area contributed by atoms with E-state index < -0.39 is 10.0 Å². The van der Waals surface area contributed by atoms with Crippen molar-refractivity contribution in [1.82, 2.24) is 8.96 Å². The maximum Gasteiger partial charge on any atom is 0.268 e. The smallest absolute Gasteiger partial charge is 0.268 e. The Balaban J connectivity index is 1.62. The monoisotopic (exact) mass is 397 g/mol. The first-order valence-corrected chi connectivity index (χ1v) is 10.3. The van der Waals surface area contributed by atoms with Crippen molar-refractivity contribution in [2.24, 2.45) is 5.10 Å². The third-order valence-electron chi connectivity index (χ3n) is 3.87. The van der Waals surface area contributed by atoms with E-state index in [4.69, 9.17) is 5.73 Å². The zero-order valence-corrected chi connectivity index (χ0v) is 15.6. The minimum absolute atomic E-state index is 0.250. The van der Waals surface area contributed by atoms with Crippen molar-refractivity contribution in [2.75, 3.05) is 11.2 Å². The van der Waals surface area contributed by atoms with E-state index in [2.05, 4.69) is 15.5 Å². The number of nitrogens with two attached hydrogens (primary N) is 1. The lowest BCUT2D eigenvalue weighted by Gasteiger charge is -2.07. The predicted octanol–water partition coefficient (Wildman–Crippen LogP) is 3.36. The molecule has 3 N–H and O–H groups in total. The molecule has 0 fully saturated rings. The fraction of sp³-hybridized carbons (Fsp3) is 0. The summed E-state index contributed by atoms with van der Waals surface area (Å²) in [6.45, 7) is 0. The van der Waals surface area contributed by atoms with Gasteiger partial charge in [-0.1, -0.05) is 24.3 Å². The molecule has 0 saturated carbocycles. The summed E-state index contributed by atoms with van der Waals surface area (Å²) < 4.78 is 27.0. The van der Waals surface area contributed by atoms with Gasteiger partial charge in [-0.2, -0.15) is 5.10 Å². The van der Waals surface area contributed by atoms with Gasteiger partial charge in [0.25, 0.3) is 10.0 Å². The number of hydrazone groups is 1. The molecule has 2 heterocycles. The average molecular weight is 397 g/mol. The standard InChI is InChI=1S/C18H15N5O2S2/c19-17-12-26-18(21-17)22-20-11-13-6-7-16-14(10-13)8-9-23(16)27(24,25)15-4-2-1-3-5-15/h1-12H,19H2,(H,21,22). The van der Waals surface area contributed by atoms with Crippen LogP contribution in [0.2, 0.25) is 0 Å². The molecule has 0 aliphatic heterocycles. The van der Waals surface area contributed by atoms with Crippen molar-refractivity contribution < 1.29 is 8.42 Å². The number of nitrogens with zero attached hydrogens (tertiary/aromatic N) is 3. The summed E-state index contributed by atoms with van der Waals surface area (Å²) in [4.78, 5) is 4.30. The molecule has 0 spiro atoms. The lowest BCUT2D eigenvalue weighted by molar-refractivity contribution is 0.589. The molecule has 0 saturated heterocycles. The highest BCUT2D eigenvalue weighted by Gasteiger charge is 2.18. The molecule has 0 amide bonds. The van der Waals surface area contributed by atoms with Gasteiger partial charge in [-0.3, -0.25) is 5.43 Å². The van der Waals surface area contributed by atoms with Crippen LogP contribution in [0.4, 0.5) is 10.9 Å². The molecule has 0 aliphatic carbocycles. The third-order valence-corrected chi connectivity index (χ3v) is 6.34. The second-order valence-electron chi connectivity index (χ2n) is 5.70. The average Bonchev–Trinajstić information content (AvgIpc) is 3.28. The number of hydrogen-bond acceptors (Lipinski definition) is 7. The lowest BCUT2D eigenvalue weighted by atomic mass is 10.2. The molecule has 0 unspecified atom stereocenters. The SMILES string of the molecule is Nc1csc(NN=Cc2ccc3c(ccn3S(=O)(=O)c3ccccc3)c2)n1. The van der Waals surface area contributed by atoms with Crippen LogP contribution in [0, 0.1) is 0 Å². The van der Waals surface area contributed by atoms with Gasteiger partial charge in [-0.15, -0.1) is 11.3 Å². The van der Waals surface area contributed by atoms with Crippen molar-refractivity contribution >= 4 is 49.4 Å². The molecular weight excluding hydrogens is 382 g/mol. The number of nitrogen functional groups attached to an aromatic ring is 1. The van der Waals surface area contributed by atoms with Crippen molar-refractivity contribution in [2.45, 2.75) is 4.90 Å². The maximum atomic E-state index is 12.8. The van der Waals surface area contributed by atoms with E-state index in [0.717, 1.165) is 10.9 Å².